The molecule has 3 rings (SSSR count). The van der Waals surface area contributed by atoms with Crippen LogP contribution in [0.4, 0.5) is 11.4 Å². The molecule has 0 bridgehead atoms. The van der Waals surface area contributed by atoms with Crippen LogP contribution in [-0.4, -0.2) is 18.1 Å². The Bertz CT molecular complexity index is 1060. The van der Waals surface area contributed by atoms with Crippen LogP contribution in [0, 0.1) is 0 Å². The van der Waals surface area contributed by atoms with E-state index >= 15 is 0 Å². The van der Waals surface area contributed by atoms with E-state index < -0.39 is 10.1 Å². The monoisotopic (exact) mass is 357 g/mol. The van der Waals surface area contributed by atoms with Crippen molar-refractivity contribution in [1.82, 2.24) is 0 Å². The maximum Gasteiger partial charge on any atom is 0.294 e. The lowest BCUT2D eigenvalue weighted by Gasteiger charge is -2.05. The Balaban J connectivity index is 2.05. The van der Waals surface area contributed by atoms with Gasteiger partial charge in [-0.25, -0.2) is 0 Å². The van der Waals surface area contributed by atoms with Crippen molar-refractivity contribution in [1.29, 1.82) is 0 Å². The van der Waals surface area contributed by atoms with Gasteiger partial charge in [0.1, 0.15) is 11.4 Å². The summed E-state index contributed by atoms with van der Waals surface area (Å²) in [5.74, 6) is -0.0885. The average Bonchev–Trinajstić information content (AvgIpc) is 2.60. The molecule has 0 fully saturated rings. The second-order valence-electron chi connectivity index (χ2n) is 5.36. The van der Waals surface area contributed by atoms with Gasteiger partial charge in [-0.1, -0.05) is 24.3 Å². The van der Waals surface area contributed by atoms with E-state index in [-0.39, 0.29) is 16.3 Å². The highest BCUT2D eigenvalue weighted by atomic mass is 32.2. The molecule has 8 heteroatoms. The Morgan fingerprint density at radius 1 is 0.960 bits per heavy atom. The quantitative estimate of drug-likeness (QED) is 0.485. The Morgan fingerprint density at radius 3 is 2.32 bits per heavy atom. The summed E-state index contributed by atoms with van der Waals surface area (Å²) in [6.45, 7) is 0.428. The molecule has 0 aliphatic heterocycles. The lowest BCUT2D eigenvalue weighted by Crippen LogP contribution is -1.97. The Morgan fingerprint density at radius 2 is 1.68 bits per heavy atom. The highest BCUT2D eigenvalue weighted by Crippen LogP contribution is 2.37. The Hall–Kier alpha value is -2.81. The van der Waals surface area contributed by atoms with Crippen LogP contribution in [0.1, 0.15) is 5.56 Å². The molecule has 7 nitrogen and oxygen atoms in total. The number of azo groups is 1. The number of nitrogens with zero attached hydrogens (tertiary/aromatic N) is 2. The van der Waals surface area contributed by atoms with Gasteiger partial charge in [0.15, 0.2) is 0 Å². The van der Waals surface area contributed by atoms with E-state index in [1.165, 1.54) is 30.3 Å². The molecule has 25 heavy (non-hydrogen) atoms. The van der Waals surface area contributed by atoms with Gasteiger partial charge >= 0.3 is 0 Å². The number of fused-ring (bicyclic) bond motifs is 1. The van der Waals surface area contributed by atoms with Gasteiger partial charge < -0.3 is 10.8 Å². The normalized spacial score (nSPS) is 12.1. The van der Waals surface area contributed by atoms with Crippen LogP contribution in [0.5, 0.6) is 5.75 Å². The van der Waals surface area contributed by atoms with Gasteiger partial charge in [0.2, 0.25) is 0 Å². The standard InChI is InChI=1S/C17H15N3O4S/c18-10-11-1-4-13(5-2-11)19-20-17-15-7-6-14(25(22,23)24)9-12(15)3-8-16(17)21/h1-9,21H,10,18H2,(H,22,23,24). The molecule has 0 saturated heterocycles. The second kappa shape index (κ2) is 6.60. The molecule has 0 aliphatic rings. The smallest absolute Gasteiger partial charge is 0.294 e. The van der Waals surface area contributed by atoms with E-state index in [0.717, 1.165) is 5.56 Å². The molecule has 0 atom stereocenters. The maximum atomic E-state index is 11.2. The predicted octanol–water partition coefficient (Wildman–Crippen LogP) is 3.67. The Kier molecular flexibility index (Phi) is 4.49. The zero-order valence-electron chi connectivity index (χ0n) is 13.0. The number of phenols is 1. The van der Waals surface area contributed by atoms with Crippen molar-refractivity contribution >= 4 is 32.3 Å². The fourth-order valence-electron chi connectivity index (χ4n) is 2.35. The van der Waals surface area contributed by atoms with Crippen molar-refractivity contribution in [3.8, 4) is 5.75 Å². The number of benzene rings is 3. The van der Waals surface area contributed by atoms with Crippen LogP contribution < -0.4 is 5.73 Å². The summed E-state index contributed by atoms with van der Waals surface area (Å²) in [4.78, 5) is -0.231. The second-order valence-corrected chi connectivity index (χ2v) is 6.78. The van der Waals surface area contributed by atoms with E-state index in [1.807, 2.05) is 12.1 Å². The number of hydrogen-bond acceptors (Lipinski definition) is 6. The molecule has 3 aromatic rings. The molecular weight excluding hydrogens is 342 g/mol. The van der Waals surface area contributed by atoms with Gasteiger partial charge in [0.05, 0.1) is 10.6 Å². The van der Waals surface area contributed by atoms with Crippen molar-refractivity contribution < 1.29 is 18.1 Å². The van der Waals surface area contributed by atoms with Crippen molar-refractivity contribution in [2.24, 2.45) is 16.0 Å². The van der Waals surface area contributed by atoms with Gasteiger partial charge in [-0.05, 0) is 41.3 Å². The molecule has 0 saturated carbocycles. The fourth-order valence-corrected chi connectivity index (χ4v) is 2.87. The summed E-state index contributed by atoms with van der Waals surface area (Å²) in [5.41, 5.74) is 7.30. The third-order valence-electron chi connectivity index (χ3n) is 3.68. The molecule has 3 aromatic carbocycles. The third kappa shape index (κ3) is 3.66. The summed E-state index contributed by atoms with van der Waals surface area (Å²) in [6.07, 6.45) is 0. The largest absolute Gasteiger partial charge is 0.506 e. The SMILES string of the molecule is NCc1ccc(N=Nc2c(O)ccc3cc(S(=O)(=O)O)ccc23)cc1. The molecule has 0 spiro atoms. The van der Waals surface area contributed by atoms with E-state index in [4.69, 9.17) is 10.3 Å². The Labute approximate surface area is 144 Å². The minimum atomic E-state index is -4.31. The third-order valence-corrected chi connectivity index (χ3v) is 4.53. The lowest BCUT2D eigenvalue weighted by atomic mass is 10.1. The molecule has 0 heterocycles. The first-order valence-electron chi connectivity index (χ1n) is 7.32. The number of rotatable bonds is 4. The highest BCUT2D eigenvalue weighted by Gasteiger charge is 2.13. The van der Waals surface area contributed by atoms with Crippen LogP contribution in [0.25, 0.3) is 10.8 Å². The van der Waals surface area contributed by atoms with Crippen LogP contribution in [0.3, 0.4) is 0 Å². The first kappa shape index (κ1) is 17.0. The summed E-state index contributed by atoms with van der Waals surface area (Å²) >= 11 is 0. The maximum absolute atomic E-state index is 11.2. The number of hydrogen-bond donors (Lipinski definition) is 3. The number of nitrogens with two attached hydrogens (primary N) is 1. The number of aromatic hydroxyl groups is 1. The zero-order chi connectivity index (χ0) is 18.0. The minimum absolute atomic E-state index is 0.0885. The average molecular weight is 357 g/mol. The number of phenolic OH excluding ortho intramolecular Hbond substituents is 1. The van der Waals surface area contributed by atoms with Gasteiger partial charge in [0, 0.05) is 11.9 Å². The molecular formula is C17H15N3O4S. The summed E-state index contributed by atoms with van der Waals surface area (Å²) in [6, 6.07) is 14.1. The molecule has 128 valence electrons. The van der Waals surface area contributed by atoms with Crippen molar-refractivity contribution in [3.63, 3.8) is 0 Å². The van der Waals surface area contributed by atoms with E-state index in [9.17, 15) is 13.5 Å². The van der Waals surface area contributed by atoms with Gasteiger partial charge in [0.25, 0.3) is 10.1 Å². The van der Waals surface area contributed by atoms with E-state index in [0.29, 0.717) is 23.0 Å². The molecule has 0 unspecified atom stereocenters. The predicted molar refractivity (Wildman–Crippen MR) is 93.9 cm³/mol. The van der Waals surface area contributed by atoms with Crippen molar-refractivity contribution in [2.75, 3.05) is 0 Å². The minimum Gasteiger partial charge on any atom is -0.506 e. The molecule has 4 N–H and O–H groups in total. The summed E-state index contributed by atoms with van der Waals surface area (Å²) in [5, 5.41) is 19.2. The van der Waals surface area contributed by atoms with Crippen LogP contribution in [0.2, 0.25) is 0 Å². The summed E-state index contributed by atoms with van der Waals surface area (Å²) < 4.78 is 31.6. The molecule has 0 amide bonds. The van der Waals surface area contributed by atoms with Crippen LogP contribution in [-0.2, 0) is 16.7 Å². The van der Waals surface area contributed by atoms with Gasteiger partial charge in [-0.15, -0.1) is 5.11 Å². The van der Waals surface area contributed by atoms with Gasteiger partial charge in [-0.3, -0.25) is 4.55 Å². The zero-order valence-corrected chi connectivity index (χ0v) is 13.8. The molecule has 0 aromatic heterocycles. The van der Waals surface area contributed by atoms with E-state index in [2.05, 4.69) is 10.2 Å². The topological polar surface area (TPSA) is 125 Å². The first-order chi connectivity index (χ1) is 11.9. The highest BCUT2D eigenvalue weighted by molar-refractivity contribution is 7.85. The first-order valence-corrected chi connectivity index (χ1v) is 8.76. The molecule has 0 radical (unpaired) electrons. The lowest BCUT2D eigenvalue weighted by molar-refractivity contribution is 0.477. The fraction of sp³-hybridized carbons (Fsp3) is 0.0588. The van der Waals surface area contributed by atoms with Crippen molar-refractivity contribution in [2.45, 2.75) is 11.4 Å². The van der Waals surface area contributed by atoms with E-state index in [1.54, 1.807) is 12.1 Å². The van der Waals surface area contributed by atoms with Crippen LogP contribution >= 0.6 is 0 Å². The van der Waals surface area contributed by atoms with Gasteiger partial charge in [-0.2, -0.15) is 13.5 Å². The van der Waals surface area contributed by atoms with Crippen LogP contribution in [0.15, 0.2) is 69.7 Å². The molecule has 0 aliphatic carbocycles. The summed E-state index contributed by atoms with van der Waals surface area (Å²) in [7, 11) is -4.31. The van der Waals surface area contributed by atoms with Crippen molar-refractivity contribution in [3.05, 3.63) is 60.2 Å².